The third-order valence-corrected chi connectivity index (χ3v) is 12.3. The Balaban J connectivity index is 0.811. The highest BCUT2D eigenvalue weighted by molar-refractivity contribution is 5.87. The lowest BCUT2D eigenvalue weighted by Gasteiger charge is -2.46. The number of likely N-dealkylation sites (tertiary alicyclic amines) is 1. The van der Waals surface area contributed by atoms with Gasteiger partial charge in [-0.1, -0.05) is 48.5 Å². The van der Waals surface area contributed by atoms with Crippen molar-refractivity contribution in [2.75, 3.05) is 52.4 Å². The third kappa shape index (κ3) is 9.12. The number of benzene rings is 3. The highest BCUT2D eigenvalue weighted by Gasteiger charge is 2.47. The van der Waals surface area contributed by atoms with E-state index in [0.29, 0.717) is 74.3 Å². The highest BCUT2D eigenvalue weighted by atomic mass is 16.5. The van der Waals surface area contributed by atoms with E-state index in [4.69, 9.17) is 9.47 Å². The largest absolute Gasteiger partial charge is 0.506 e. The quantitative estimate of drug-likeness (QED) is 0.0854. The zero-order valence-electron chi connectivity index (χ0n) is 32.5. The Morgan fingerprint density at radius 3 is 2.48 bits per heavy atom. The summed E-state index contributed by atoms with van der Waals surface area (Å²) in [6.07, 6.45) is 6.36. The minimum atomic E-state index is -0.779. The van der Waals surface area contributed by atoms with Crippen LogP contribution >= 0.6 is 0 Å². The van der Waals surface area contributed by atoms with E-state index < -0.39 is 11.5 Å². The van der Waals surface area contributed by atoms with Crippen molar-refractivity contribution in [1.82, 2.24) is 20.1 Å². The first-order valence-electron chi connectivity index (χ1n) is 20.4. The molecule has 4 aliphatic rings. The van der Waals surface area contributed by atoms with Gasteiger partial charge in [-0.15, -0.1) is 0 Å². The molecule has 0 radical (unpaired) electrons. The number of hydrogen-bond donors (Lipinski definition) is 4. The Labute approximate surface area is 329 Å². The van der Waals surface area contributed by atoms with Crippen molar-refractivity contribution in [2.24, 2.45) is 5.92 Å². The number of aromatic hydroxyl groups is 1. The normalized spacial score (nSPS) is 20.8. The Morgan fingerprint density at radius 2 is 1.75 bits per heavy atom. The number of carbonyl (C=O) groups is 2. The molecule has 11 heteroatoms. The molecule has 4 saturated heterocycles. The number of aromatic amines is 1. The van der Waals surface area contributed by atoms with Gasteiger partial charge in [0, 0.05) is 44.1 Å². The lowest BCUT2D eigenvalue weighted by molar-refractivity contribution is -0.168. The van der Waals surface area contributed by atoms with Crippen LogP contribution < -0.4 is 15.6 Å². The van der Waals surface area contributed by atoms with Gasteiger partial charge in [-0.05, 0) is 124 Å². The fourth-order valence-electron chi connectivity index (χ4n) is 8.85. The first-order chi connectivity index (χ1) is 27.2. The maximum Gasteiger partial charge on any atom is 0.317 e. The Kier molecular flexibility index (Phi) is 12.7. The lowest BCUT2D eigenvalue weighted by atomic mass is 9.72. The molecule has 8 rings (SSSR count). The van der Waals surface area contributed by atoms with Crippen molar-refractivity contribution < 1.29 is 29.3 Å². The highest BCUT2D eigenvalue weighted by Crippen LogP contribution is 2.39. The molecule has 0 aliphatic carbocycles. The molecule has 5 heterocycles. The second-order valence-electron chi connectivity index (χ2n) is 15.9. The smallest absolute Gasteiger partial charge is 0.317 e. The number of rotatable bonds is 16. The Morgan fingerprint density at radius 1 is 0.964 bits per heavy atom. The summed E-state index contributed by atoms with van der Waals surface area (Å²) < 4.78 is 12.4. The van der Waals surface area contributed by atoms with E-state index in [9.17, 15) is 24.6 Å². The number of fused-ring (bicyclic) bond motifs is 4. The van der Waals surface area contributed by atoms with Crippen molar-refractivity contribution in [1.29, 1.82) is 0 Å². The van der Waals surface area contributed by atoms with E-state index in [1.807, 2.05) is 54.3 Å². The number of unbranched alkanes of at least 4 members (excludes halogenated alkanes) is 2. The van der Waals surface area contributed by atoms with Gasteiger partial charge in [0.25, 0.3) is 0 Å². The number of esters is 1. The number of pyridine rings is 1. The number of piperidine rings is 4. The van der Waals surface area contributed by atoms with E-state index >= 15 is 0 Å². The van der Waals surface area contributed by atoms with Crippen LogP contribution in [0.15, 0.2) is 77.6 Å². The summed E-state index contributed by atoms with van der Waals surface area (Å²) in [5, 5.41) is 24.8. The summed E-state index contributed by atoms with van der Waals surface area (Å²) in [5.74, 6) is 1.27. The standard InChI is InChI=1S/C45H56N4O7/c1-31-28-32(10-15-39(31)55-27-7-3-6-22-46-29-38(51)35-12-14-37(50)43-36(35)13-16-41(52)47-43)11-17-42(53)49-25-20-45(21-26-49,34-8-4-2-5-9-34)44(54)56-40-30-48-23-18-33(40)19-24-48/h2,4-5,8-10,12-16,28,33,38,40,46,50-51H,3,6-7,11,17-27,29-30H2,1H3,(H,47,52). The number of nitrogens with one attached hydrogen (secondary N) is 2. The number of ether oxygens (including phenoxy) is 2. The molecule has 2 atom stereocenters. The van der Waals surface area contributed by atoms with Gasteiger partial charge in [-0.2, -0.15) is 0 Å². The molecule has 2 unspecified atom stereocenters. The number of phenols is 1. The van der Waals surface area contributed by atoms with E-state index in [1.165, 1.54) is 12.1 Å². The van der Waals surface area contributed by atoms with E-state index in [2.05, 4.69) is 21.3 Å². The topological polar surface area (TPSA) is 144 Å². The molecule has 4 fully saturated rings. The molecular weight excluding hydrogens is 709 g/mol. The minimum absolute atomic E-state index is 0.0252. The maximum absolute atomic E-state index is 14.0. The van der Waals surface area contributed by atoms with Crippen LogP contribution in [0.4, 0.5) is 0 Å². The van der Waals surface area contributed by atoms with E-state index in [-0.39, 0.29) is 29.3 Å². The van der Waals surface area contributed by atoms with Crippen molar-refractivity contribution in [3.05, 3.63) is 105 Å². The van der Waals surface area contributed by atoms with Crippen molar-refractivity contribution in [3.8, 4) is 11.5 Å². The zero-order valence-corrected chi connectivity index (χ0v) is 32.5. The molecule has 298 valence electrons. The first-order valence-corrected chi connectivity index (χ1v) is 20.4. The van der Waals surface area contributed by atoms with Crippen LogP contribution in [0.2, 0.25) is 0 Å². The van der Waals surface area contributed by atoms with Crippen molar-refractivity contribution in [3.63, 3.8) is 0 Å². The molecule has 4 N–H and O–H groups in total. The van der Waals surface area contributed by atoms with Gasteiger partial charge in [0.05, 0.1) is 23.6 Å². The minimum Gasteiger partial charge on any atom is -0.506 e. The van der Waals surface area contributed by atoms with Crippen molar-refractivity contribution in [2.45, 2.75) is 82.3 Å². The molecule has 0 spiro atoms. The number of aryl methyl sites for hydroxylation is 2. The number of hydrogen-bond acceptors (Lipinski definition) is 9. The van der Waals surface area contributed by atoms with E-state index in [1.54, 1.807) is 12.1 Å². The Hall–Kier alpha value is -4.71. The first kappa shape index (κ1) is 39.5. The van der Waals surface area contributed by atoms with Crippen LogP contribution in [-0.2, 0) is 26.2 Å². The fourth-order valence-corrected chi connectivity index (χ4v) is 8.85. The van der Waals surface area contributed by atoms with Gasteiger partial charge < -0.3 is 34.9 Å². The fraction of sp³-hybridized carbons (Fsp3) is 0.489. The van der Waals surface area contributed by atoms with E-state index in [0.717, 1.165) is 80.7 Å². The molecular formula is C45H56N4O7. The number of H-pyrrole nitrogens is 1. The summed E-state index contributed by atoms with van der Waals surface area (Å²) in [4.78, 5) is 46.0. The molecule has 4 aromatic rings. The lowest BCUT2D eigenvalue weighted by Crippen LogP contribution is -2.55. The summed E-state index contributed by atoms with van der Waals surface area (Å²) in [5.41, 5.74) is 3.07. The molecule has 0 saturated carbocycles. The van der Waals surface area contributed by atoms with Crippen molar-refractivity contribution >= 4 is 22.8 Å². The summed E-state index contributed by atoms with van der Waals surface area (Å²) in [6, 6.07) is 22.3. The number of amides is 1. The van der Waals surface area contributed by atoms with Gasteiger partial charge in [-0.25, -0.2) is 0 Å². The van der Waals surface area contributed by atoms with Crippen LogP contribution in [0, 0.1) is 12.8 Å². The average Bonchev–Trinajstić information content (AvgIpc) is 3.22. The van der Waals surface area contributed by atoms with Crippen LogP contribution in [0.25, 0.3) is 10.9 Å². The number of aliphatic hydroxyl groups excluding tert-OH is 1. The van der Waals surface area contributed by atoms with Gasteiger partial charge in [0.1, 0.15) is 17.6 Å². The number of carbonyl (C=O) groups excluding carboxylic acids is 2. The van der Waals surface area contributed by atoms with Gasteiger partial charge in [0.2, 0.25) is 11.5 Å². The molecule has 1 aromatic heterocycles. The summed E-state index contributed by atoms with van der Waals surface area (Å²) in [7, 11) is 0. The van der Waals surface area contributed by atoms with Crippen LogP contribution in [-0.4, -0.2) is 95.4 Å². The number of aliphatic hydroxyl groups is 1. The second kappa shape index (κ2) is 18.0. The predicted molar refractivity (Wildman–Crippen MR) is 216 cm³/mol. The third-order valence-electron chi connectivity index (χ3n) is 12.3. The SMILES string of the molecule is Cc1cc(CCC(=O)N2CCC(C(=O)OC3CN4CCC3CC4)(c3ccccc3)CC2)ccc1OCCCCCNCC(O)c1ccc(O)c2[nH]c(=O)ccc12. The average molecular weight is 765 g/mol. The second-order valence-corrected chi connectivity index (χ2v) is 15.9. The monoisotopic (exact) mass is 764 g/mol. The number of nitrogens with zero attached hydrogens (tertiary/aromatic N) is 2. The molecule has 3 aromatic carbocycles. The molecule has 2 bridgehead atoms. The van der Waals surface area contributed by atoms with Crippen LogP contribution in [0.5, 0.6) is 11.5 Å². The maximum atomic E-state index is 14.0. The number of phenolic OH excluding ortho intramolecular Hbond substituents is 1. The van der Waals surface area contributed by atoms with Crippen LogP contribution in [0.3, 0.4) is 0 Å². The molecule has 11 nitrogen and oxygen atoms in total. The van der Waals surface area contributed by atoms with Gasteiger partial charge in [0.15, 0.2) is 0 Å². The summed E-state index contributed by atoms with van der Waals surface area (Å²) >= 11 is 0. The zero-order chi connectivity index (χ0) is 39.1. The predicted octanol–water partition coefficient (Wildman–Crippen LogP) is 5.54. The summed E-state index contributed by atoms with van der Waals surface area (Å²) in [6.45, 7) is 7.84. The number of aromatic nitrogens is 1. The molecule has 1 amide bonds. The van der Waals surface area contributed by atoms with Gasteiger partial charge >= 0.3 is 5.97 Å². The molecule has 56 heavy (non-hydrogen) atoms. The Bertz CT molecular complexity index is 2020. The van der Waals surface area contributed by atoms with Crippen LogP contribution in [0.1, 0.15) is 79.7 Å². The van der Waals surface area contributed by atoms with Gasteiger partial charge in [-0.3, -0.25) is 19.3 Å². The molecule has 4 aliphatic heterocycles.